The molecule has 106 valence electrons. The molecule has 4 nitrogen and oxygen atoms in total. The maximum Gasteiger partial charge on any atom is 0.226 e. The molecule has 0 amide bonds. The number of carbonyl (C=O) groups excluding carboxylic acids is 2. The number of aliphatic hydroxyl groups excluding tert-OH is 1. The lowest BCUT2D eigenvalue weighted by Gasteiger charge is -2.02. The number of allylic oxidation sites excluding steroid dienone is 1. The van der Waals surface area contributed by atoms with Crippen molar-refractivity contribution in [2.75, 3.05) is 13.4 Å². The van der Waals surface area contributed by atoms with Gasteiger partial charge in [0.15, 0.2) is 5.78 Å². The van der Waals surface area contributed by atoms with E-state index >= 15 is 0 Å². The van der Waals surface area contributed by atoms with Crippen LogP contribution in [-0.2, 0) is 9.59 Å². The Balaban J connectivity index is 3.00. The van der Waals surface area contributed by atoms with Crippen molar-refractivity contribution in [2.45, 2.75) is 6.92 Å². The van der Waals surface area contributed by atoms with Crippen LogP contribution in [0.2, 0.25) is 0 Å². The van der Waals surface area contributed by atoms with Gasteiger partial charge in [0.25, 0.3) is 0 Å². The number of methoxy groups -OCH3 is 1. The highest BCUT2D eigenvalue weighted by Crippen LogP contribution is 2.16. The number of hydrogen-bond donors (Lipinski definition) is 1. The molecule has 1 aromatic carbocycles. The summed E-state index contributed by atoms with van der Waals surface area (Å²) in [4.78, 5) is 22.9. The van der Waals surface area contributed by atoms with E-state index in [0.717, 1.165) is 23.1 Å². The molecule has 0 aliphatic carbocycles. The van der Waals surface area contributed by atoms with Gasteiger partial charge in [-0.2, -0.15) is 0 Å². The van der Waals surface area contributed by atoms with Crippen molar-refractivity contribution >= 4 is 28.7 Å². The van der Waals surface area contributed by atoms with Crippen LogP contribution in [0.4, 0.5) is 0 Å². The highest BCUT2D eigenvalue weighted by Gasteiger charge is 2.17. The maximum absolute atomic E-state index is 11.6. The molecule has 0 saturated carbocycles. The fraction of sp³-hybridized carbons (Fsp3) is 0.200. The molecule has 0 fully saturated rings. The van der Waals surface area contributed by atoms with Crippen molar-refractivity contribution in [1.29, 1.82) is 0 Å². The first-order valence-electron chi connectivity index (χ1n) is 5.84. The van der Waals surface area contributed by atoms with E-state index in [0.29, 0.717) is 0 Å². The number of carbonyl (C=O) groups is 2. The standard InChI is InChI=1S/C15H16O4S/c1-10(16)14(15(18)20-3)13(17)9-6-11-4-7-12(19-2)8-5-11/h4-9,17H,1-3H3/b9-6+,14-13+. The van der Waals surface area contributed by atoms with E-state index < -0.39 is 10.9 Å². The summed E-state index contributed by atoms with van der Waals surface area (Å²) in [5.74, 6) is -0.0576. The van der Waals surface area contributed by atoms with Crippen LogP contribution in [0.5, 0.6) is 5.75 Å². The van der Waals surface area contributed by atoms with Gasteiger partial charge in [-0.25, -0.2) is 0 Å². The molecule has 0 aliphatic heterocycles. The lowest BCUT2D eigenvalue weighted by Crippen LogP contribution is -2.09. The first-order valence-corrected chi connectivity index (χ1v) is 7.06. The second-order valence-electron chi connectivity index (χ2n) is 3.91. The van der Waals surface area contributed by atoms with E-state index in [9.17, 15) is 14.7 Å². The molecule has 0 aromatic heterocycles. The molecule has 0 radical (unpaired) electrons. The smallest absolute Gasteiger partial charge is 0.226 e. The number of aliphatic hydroxyl groups is 1. The third-order valence-corrected chi connectivity index (χ3v) is 3.12. The van der Waals surface area contributed by atoms with E-state index in [-0.39, 0.29) is 11.3 Å². The molecule has 1 aromatic rings. The van der Waals surface area contributed by atoms with Gasteiger partial charge in [-0.3, -0.25) is 9.59 Å². The summed E-state index contributed by atoms with van der Waals surface area (Å²) >= 11 is 0.888. The minimum absolute atomic E-state index is 0.192. The molecule has 0 spiro atoms. The number of Topliss-reactive ketones (excluding diaryl/α,β-unsaturated/α-hetero) is 1. The number of ketones is 1. The van der Waals surface area contributed by atoms with Gasteiger partial charge in [-0.15, -0.1) is 0 Å². The van der Waals surface area contributed by atoms with Crippen LogP contribution in [0.1, 0.15) is 12.5 Å². The van der Waals surface area contributed by atoms with Crippen LogP contribution in [0, 0.1) is 0 Å². The third-order valence-electron chi connectivity index (χ3n) is 2.55. The maximum atomic E-state index is 11.6. The van der Waals surface area contributed by atoms with E-state index in [1.54, 1.807) is 43.7 Å². The van der Waals surface area contributed by atoms with Crippen molar-refractivity contribution in [2.24, 2.45) is 0 Å². The van der Waals surface area contributed by atoms with Crippen LogP contribution < -0.4 is 4.74 Å². The van der Waals surface area contributed by atoms with Crippen LogP contribution >= 0.6 is 11.8 Å². The Morgan fingerprint density at radius 3 is 2.30 bits per heavy atom. The van der Waals surface area contributed by atoms with E-state index in [1.807, 2.05) is 0 Å². The summed E-state index contributed by atoms with van der Waals surface area (Å²) in [5.41, 5.74) is 0.624. The van der Waals surface area contributed by atoms with Gasteiger partial charge < -0.3 is 9.84 Å². The van der Waals surface area contributed by atoms with Gasteiger partial charge in [0.2, 0.25) is 5.12 Å². The largest absolute Gasteiger partial charge is 0.507 e. The van der Waals surface area contributed by atoms with Crippen molar-refractivity contribution in [3.05, 3.63) is 47.2 Å². The summed E-state index contributed by atoms with van der Waals surface area (Å²) in [6, 6.07) is 7.15. The minimum Gasteiger partial charge on any atom is -0.507 e. The van der Waals surface area contributed by atoms with Gasteiger partial charge in [0.1, 0.15) is 17.1 Å². The Kier molecular flexibility index (Phi) is 6.06. The van der Waals surface area contributed by atoms with Gasteiger partial charge >= 0.3 is 0 Å². The molecule has 0 unspecified atom stereocenters. The number of benzene rings is 1. The fourth-order valence-corrected chi connectivity index (χ4v) is 1.96. The summed E-state index contributed by atoms with van der Waals surface area (Å²) in [6.45, 7) is 1.25. The Bertz CT molecular complexity index is 556. The summed E-state index contributed by atoms with van der Waals surface area (Å²) in [6.07, 6.45) is 4.52. The van der Waals surface area contributed by atoms with E-state index in [2.05, 4.69) is 0 Å². The Morgan fingerprint density at radius 1 is 1.25 bits per heavy atom. The zero-order valence-corrected chi connectivity index (χ0v) is 12.4. The second kappa shape index (κ2) is 7.55. The first kappa shape index (κ1) is 16.0. The predicted molar refractivity (Wildman–Crippen MR) is 80.9 cm³/mol. The highest BCUT2D eigenvalue weighted by atomic mass is 32.2. The molecule has 0 aliphatic rings. The molecular weight excluding hydrogens is 276 g/mol. The molecule has 0 heterocycles. The highest BCUT2D eigenvalue weighted by molar-refractivity contribution is 8.13. The van der Waals surface area contributed by atoms with Crippen molar-refractivity contribution in [3.63, 3.8) is 0 Å². The van der Waals surface area contributed by atoms with Crippen LogP contribution in [-0.4, -0.2) is 29.4 Å². The van der Waals surface area contributed by atoms with Crippen LogP contribution in [0.25, 0.3) is 6.08 Å². The molecule has 1 N–H and O–H groups in total. The first-order chi connectivity index (χ1) is 9.49. The average Bonchev–Trinajstić information content (AvgIpc) is 2.45. The fourth-order valence-electron chi connectivity index (χ4n) is 1.50. The number of hydrogen-bond acceptors (Lipinski definition) is 5. The Morgan fingerprint density at radius 2 is 1.85 bits per heavy atom. The zero-order valence-electron chi connectivity index (χ0n) is 11.5. The average molecular weight is 292 g/mol. The molecule has 0 saturated heterocycles. The SMILES string of the molecule is COc1ccc(/C=C/C(O)=C(/C(C)=O)C(=O)SC)cc1. The molecule has 1 rings (SSSR count). The summed E-state index contributed by atoms with van der Waals surface area (Å²) in [5, 5.41) is 9.41. The summed E-state index contributed by atoms with van der Waals surface area (Å²) in [7, 11) is 1.58. The molecule has 5 heteroatoms. The normalized spacial score (nSPS) is 12.2. The van der Waals surface area contributed by atoms with Gasteiger partial charge in [0, 0.05) is 0 Å². The number of thioether (sulfide) groups is 1. The van der Waals surface area contributed by atoms with Gasteiger partial charge in [-0.1, -0.05) is 30.0 Å². The molecule has 0 bridgehead atoms. The predicted octanol–water partition coefficient (Wildman–Crippen LogP) is 3.00. The van der Waals surface area contributed by atoms with Gasteiger partial charge in [-0.05, 0) is 37.0 Å². The van der Waals surface area contributed by atoms with E-state index in [4.69, 9.17) is 4.74 Å². The molecular formula is C15H16O4S. The lowest BCUT2D eigenvalue weighted by atomic mass is 10.1. The van der Waals surface area contributed by atoms with Crippen molar-refractivity contribution in [3.8, 4) is 5.75 Å². The van der Waals surface area contributed by atoms with Crippen molar-refractivity contribution < 1.29 is 19.4 Å². The third kappa shape index (κ3) is 4.28. The summed E-state index contributed by atoms with van der Waals surface area (Å²) < 4.78 is 5.04. The monoisotopic (exact) mass is 292 g/mol. The topological polar surface area (TPSA) is 63.6 Å². The Hall–Kier alpha value is -2.01. The van der Waals surface area contributed by atoms with Gasteiger partial charge in [0.05, 0.1) is 7.11 Å². The zero-order chi connectivity index (χ0) is 15.1. The molecule has 0 atom stereocenters. The van der Waals surface area contributed by atoms with Crippen LogP contribution in [0.15, 0.2) is 41.7 Å². The van der Waals surface area contributed by atoms with E-state index in [1.165, 1.54) is 13.0 Å². The van der Waals surface area contributed by atoms with Crippen LogP contribution in [0.3, 0.4) is 0 Å². The second-order valence-corrected chi connectivity index (χ2v) is 4.69. The number of rotatable bonds is 5. The molecule has 20 heavy (non-hydrogen) atoms. The quantitative estimate of drug-likeness (QED) is 0.297. The lowest BCUT2D eigenvalue weighted by molar-refractivity contribution is -0.117. The van der Waals surface area contributed by atoms with Crippen molar-refractivity contribution in [1.82, 2.24) is 0 Å². The Labute approximate surface area is 122 Å². The number of ether oxygens (including phenoxy) is 1. The minimum atomic E-state index is -0.457.